The van der Waals surface area contributed by atoms with Gasteiger partial charge < -0.3 is 10.1 Å². The summed E-state index contributed by atoms with van der Waals surface area (Å²) in [6.07, 6.45) is 1.24. The van der Waals surface area contributed by atoms with Gasteiger partial charge in [0, 0.05) is 13.1 Å². The maximum Gasteiger partial charge on any atom is 0.211 e. The largest absolute Gasteiger partial charge is 0.378 e. The van der Waals surface area contributed by atoms with Crippen molar-refractivity contribution in [1.82, 2.24) is 9.62 Å². The van der Waals surface area contributed by atoms with Crippen molar-refractivity contribution in [2.45, 2.75) is 6.04 Å². The molecule has 0 spiro atoms. The highest BCUT2D eigenvalue weighted by molar-refractivity contribution is 7.88. The first-order valence-electron chi connectivity index (χ1n) is 4.25. The molecule has 1 heterocycles. The first-order chi connectivity index (χ1) is 6.05. The summed E-state index contributed by atoms with van der Waals surface area (Å²) >= 11 is 0. The van der Waals surface area contributed by atoms with Crippen molar-refractivity contribution in [3.05, 3.63) is 0 Å². The lowest BCUT2D eigenvalue weighted by molar-refractivity contribution is 0.0338. The van der Waals surface area contributed by atoms with Crippen LogP contribution in [0.2, 0.25) is 0 Å². The van der Waals surface area contributed by atoms with Crippen LogP contribution >= 0.6 is 0 Å². The summed E-state index contributed by atoms with van der Waals surface area (Å²) in [5, 5.41) is 2.95. The zero-order valence-electron chi connectivity index (χ0n) is 7.99. The molecule has 0 aromatic carbocycles. The molecule has 13 heavy (non-hydrogen) atoms. The van der Waals surface area contributed by atoms with Crippen molar-refractivity contribution in [3.8, 4) is 0 Å². The Morgan fingerprint density at radius 3 is 2.85 bits per heavy atom. The number of ether oxygens (including phenoxy) is 1. The van der Waals surface area contributed by atoms with Crippen LogP contribution < -0.4 is 5.32 Å². The van der Waals surface area contributed by atoms with Crippen LogP contribution in [-0.2, 0) is 14.8 Å². The molecule has 1 aliphatic heterocycles. The van der Waals surface area contributed by atoms with Crippen LogP contribution in [0.5, 0.6) is 0 Å². The molecule has 0 amide bonds. The molecule has 0 saturated carbocycles. The highest BCUT2D eigenvalue weighted by atomic mass is 32.2. The summed E-state index contributed by atoms with van der Waals surface area (Å²) in [4.78, 5) is 0. The van der Waals surface area contributed by atoms with Crippen LogP contribution in [0.3, 0.4) is 0 Å². The second-order valence-corrected chi connectivity index (χ2v) is 5.10. The summed E-state index contributed by atoms with van der Waals surface area (Å²) in [6.45, 7) is 2.07. The average Bonchev–Trinajstić information content (AvgIpc) is 2.04. The van der Waals surface area contributed by atoms with E-state index in [1.54, 1.807) is 7.05 Å². The van der Waals surface area contributed by atoms with Crippen LogP contribution in [0.4, 0.5) is 0 Å². The summed E-state index contributed by atoms with van der Waals surface area (Å²) < 4.78 is 29.3. The molecule has 1 rings (SSSR count). The summed E-state index contributed by atoms with van der Waals surface area (Å²) in [5.41, 5.74) is 0. The van der Waals surface area contributed by atoms with Crippen molar-refractivity contribution in [2.24, 2.45) is 0 Å². The second-order valence-electron chi connectivity index (χ2n) is 3.16. The smallest absolute Gasteiger partial charge is 0.211 e. The van der Waals surface area contributed by atoms with Crippen LogP contribution in [0.25, 0.3) is 0 Å². The fraction of sp³-hybridized carbons (Fsp3) is 1.00. The highest BCUT2D eigenvalue weighted by Gasteiger charge is 2.29. The van der Waals surface area contributed by atoms with Crippen LogP contribution in [-0.4, -0.2) is 58.4 Å². The molecule has 78 valence electrons. The predicted molar refractivity (Wildman–Crippen MR) is 50.1 cm³/mol. The number of hydrogen-bond donors (Lipinski definition) is 1. The molecule has 1 N–H and O–H groups in total. The number of sulfonamides is 1. The summed E-state index contributed by atoms with van der Waals surface area (Å²) in [6, 6.07) is -0.0613. The van der Waals surface area contributed by atoms with Gasteiger partial charge in [-0.15, -0.1) is 0 Å². The Hall–Kier alpha value is -0.170. The monoisotopic (exact) mass is 208 g/mol. The lowest BCUT2D eigenvalue weighted by Gasteiger charge is -2.33. The molecule has 1 saturated heterocycles. The van der Waals surface area contributed by atoms with Crippen LogP contribution in [0.15, 0.2) is 0 Å². The normalized spacial score (nSPS) is 26.2. The van der Waals surface area contributed by atoms with E-state index in [2.05, 4.69) is 5.32 Å². The summed E-state index contributed by atoms with van der Waals surface area (Å²) in [5.74, 6) is 0. The van der Waals surface area contributed by atoms with Gasteiger partial charge >= 0.3 is 0 Å². The van der Waals surface area contributed by atoms with E-state index >= 15 is 0 Å². The number of likely N-dealkylation sites (N-methyl/N-ethyl adjacent to an activating group) is 1. The SMILES string of the molecule is CNCC1COCCN1S(C)(=O)=O. The maximum absolute atomic E-state index is 11.3. The zero-order valence-corrected chi connectivity index (χ0v) is 8.80. The number of morpholine rings is 1. The Balaban J connectivity index is 2.67. The van der Waals surface area contributed by atoms with Crippen molar-refractivity contribution in [1.29, 1.82) is 0 Å². The van der Waals surface area contributed by atoms with E-state index in [9.17, 15) is 8.42 Å². The molecule has 1 unspecified atom stereocenters. The highest BCUT2D eigenvalue weighted by Crippen LogP contribution is 2.10. The third kappa shape index (κ3) is 2.91. The Labute approximate surface area is 79.1 Å². The maximum atomic E-state index is 11.3. The predicted octanol–water partition coefficient (Wildman–Crippen LogP) is -1.13. The van der Waals surface area contributed by atoms with Gasteiger partial charge in [0.25, 0.3) is 0 Å². The molecule has 0 aromatic heterocycles. The van der Waals surface area contributed by atoms with Gasteiger partial charge in [-0.3, -0.25) is 0 Å². The first kappa shape index (κ1) is 10.9. The fourth-order valence-electron chi connectivity index (χ4n) is 1.47. The number of nitrogens with zero attached hydrogens (tertiary/aromatic N) is 1. The molecule has 1 fully saturated rings. The van der Waals surface area contributed by atoms with Gasteiger partial charge in [0.05, 0.1) is 25.5 Å². The third-order valence-corrected chi connectivity index (χ3v) is 3.37. The molecular weight excluding hydrogens is 192 g/mol. The molecule has 1 aliphatic rings. The average molecular weight is 208 g/mol. The third-order valence-electron chi connectivity index (χ3n) is 2.04. The first-order valence-corrected chi connectivity index (χ1v) is 6.09. The molecular formula is C7H16N2O3S. The van der Waals surface area contributed by atoms with Crippen molar-refractivity contribution >= 4 is 10.0 Å². The van der Waals surface area contributed by atoms with E-state index in [0.29, 0.717) is 26.3 Å². The van der Waals surface area contributed by atoms with E-state index in [1.165, 1.54) is 10.6 Å². The molecule has 0 bridgehead atoms. The van der Waals surface area contributed by atoms with Gasteiger partial charge in [0.1, 0.15) is 0 Å². The number of nitrogens with one attached hydrogen (secondary N) is 1. The number of rotatable bonds is 3. The van der Waals surface area contributed by atoms with Gasteiger partial charge in [0.15, 0.2) is 0 Å². The fourth-order valence-corrected chi connectivity index (χ4v) is 2.56. The Morgan fingerprint density at radius 1 is 1.62 bits per heavy atom. The quantitative estimate of drug-likeness (QED) is 0.637. The van der Waals surface area contributed by atoms with Crippen LogP contribution in [0.1, 0.15) is 0 Å². The van der Waals surface area contributed by atoms with E-state index in [-0.39, 0.29) is 6.04 Å². The number of hydrogen-bond acceptors (Lipinski definition) is 4. The standard InChI is InChI=1S/C7H16N2O3S/c1-8-5-7-6-12-4-3-9(7)13(2,10)11/h7-8H,3-6H2,1-2H3. The van der Waals surface area contributed by atoms with Crippen molar-refractivity contribution < 1.29 is 13.2 Å². The second kappa shape index (κ2) is 4.36. The molecule has 6 heteroatoms. The Kier molecular flexibility index (Phi) is 3.66. The van der Waals surface area contributed by atoms with Crippen LogP contribution in [0, 0.1) is 0 Å². The minimum atomic E-state index is -3.08. The minimum absolute atomic E-state index is 0.0613. The van der Waals surface area contributed by atoms with E-state index in [4.69, 9.17) is 4.74 Å². The molecule has 0 aliphatic carbocycles. The van der Waals surface area contributed by atoms with Gasteiger partial charge in [-0.1, -0.05) is 0 Å². The lowest BCUT2D eigenvalue weighted by atomic mass is 10.3. The Morgan fingerprint density at radius 2 is 2.31 bits per heavy atom. The van der Waals surface area contributed by atoms with Gasteiger partial charge in [-0.2, -0.15) is 4.31 Å². The van der Waals surface area contributed by atoms with Gasteiger partial charge in [-0.05, 0) is 7.05 Å². The van der Waals surface area contributed by atoms with Gasteiger partial charge in [0.2, 0.25) is 10.0 Å². The van der Waals surface area contributed by atoms with E-state index in [1.807, 2.05) is 0 Å². The van der Waals surface area contributed by atoms with Crippen molar-refractivity contribution in [3.63, 3.8) is 0 Å². The molecule has 0 aromatic rings. The molecule has 1 atom stereocenters. The topological polar surface area (TPSA) is 58.6 Å². The molecule has 0 radical (unpaired) electrons. The van der Waals surface area contributed by atoms with Crippen molar-refractivity contribution in [2.75, 3.05) is 39.6 Å². The van der Waals surface area contributed by atoms with E-state index in [0.717, 1.165) is 0 Å². The summed E-state index contributed by atoms with van der Waals surface area (Å²) in [7, 11) is -1.28. The van der Waals surface area contributed by atoms with Gasteiger partial charge in [-0.25, -0.2) is 8.42 Å². The zero-order chi connectivity index (χ0) is 9.90. The molecule has 5 nitrogen and oxygen atoms in total. The van der Waals surface area contributed by atoms with E-state index < -0.39 is 10.0 Å². The lowest BCUT2D eigenvalue weighted by Crippen LogP contribution is -2.52. The minimum Gasteiger partial charge on any atom is -0.378 e. The Bertz CT molecular complexity index is 250.